The first kappa shape index (κ1) is 19.4. The van der Waals surface area contributed by atoms with E-state index in [-0.39, 0.29) is 5.91 Å². The average Bonchev–Trinajstić information content (AvgIpc) is 2.68. The van der Waals surface area contributed by atoms with Crippen LogP contribution in [0.15, 0.2) is 12.1 Å². The van der Waals surface area contributed by atoms with Crippen molar-refractivity contribution in [2.24, 2.45) is 17.8 Å². The van der Waals surface area contributed by atoms with E-state index in [0.29, 0.717) is 35.9 Å². The van der Waals surface area contributed by atoms with E-state index in [2.05, 4.69) is 10.6 Å². The molecule has 0 aliphatic heterocycles. The normalized spacial score (nSPS) is 30.2. The molecule has 4 fully saturated rings. The van der Waals surface area contributed by atoms with Crippen LogP contribution in [-0.2, 0) is 11.3 Å². The first-order valence-corrected chi connectivity index (χ1v) is 10.4. The van der Waals surface area contributed by atoms with Crippen LogP contribution in [0.1, 0.15) is 44.1 Å². The molecule has 1 aromatic rings. The molecule has 6 nitrogen and oxygen atoms in total. The lowest BCUT2D eigenvalue weighted by Crippen LogP contribution is -3.00. The van der Waals surface area contributed by atoms with Gasteiger partial charge in [0.25, 0.3) is 5.91 Å². The van der Waals surface area contributed by atoms with E-state index in [1.54, 1.807) is 21.3 Å². The summed E-state index contributed by atoms with van der Waals surface area (Å²) in [5.41, 5.74) is 1.26. The van der Waals surface area contributed by atoms with Crippen LogP contribution in [0.5, 0.6) is 17.2 Å². The summed E-state index contributed by atoms with van der Waals surface area (Å²) < 4.78 is 16.1. The highest BCUT2D eigenvalue weighted by molar-refractivity contribution is 5.76. The Morgan fingerprint density at radius 1 is 1.00 bits per heavy atom. The summed E-state index contributed by atoms with van der Waals surface area (Å²) in [6.07, 6.45) is 8.21. The fraction of sp³-hybridized carbons (Fsp3) is 0.682. The van der Waals surface area contributed by atoms with E-state index >= 15 is 0 Å². The zero-order chi connectivity index (χ0) is 19.7. The Hall–Kier alpha value is -1.95. The van der Waals surface area contributed by atoms with Gasteiger partial charge in [0, 0.05) is 25.8 Å². The zero-order valence-electron chi connectivity index (χ0n) is 17.3. The van der Waals surface area contributed by atoms with Crippen LogP contribution >= 0.6 is 0 Å². The van der Waals surface area contributed by atoms with Crippen molar-refractivity contribution in [2.45, 2.75) is 50.6 Å². The summed E-state index contributed by atoms with van der Waals surface area (Å²) in [4.78, 5) is 12.5. The Balaban J connectivity index is 1.33. The monoisotopic (exact) mass is 389 g/mol. The molecule has 4 bridgehead atoms. The van der Waals surface area contributed by atoms with Gasteiger partial charge in [-0.05, 0) is 54.7 Å². The number of hydrogen-bond acceptors (Lipinski definition) is 4. The minimum atomic E-state index is 0.0875. The van der Waals surface area contributed by atoms with Crippen molar-refractivity contribution in [1.29, 1.82) is 0 Å². The lowest BCUT2D eigenvalue weighted by atomic mass is 9.53. The first-order valence-electron chi connectivity index (χ1n) is 10.4. The number of quaternary nitrogens is 1. The maximum atomic E-state index is 12.5. The summed E-state index contributed by atoms with van der Waals surface area (Å²) >= 11 is 0. The number of ether oxygens (including phenoxy) is 3. The van der Waals surface area contributed by atoms with E-state index in [9.17, 15) is 4.79 Å². The summed E-state index contributed by atoms with van der Waals surface area (Å²) in [6, 6.07) is 3.76. The number of carbonyl (C=O) groups is 1. The van der Waals surface area contributed by atoms with Crippen molar-refractivity contribution in [2.75, 3.05) is 27.9 Å². The van der Waals surface area contributed by atoms with Gasteiger partial charge in [-0.2, -0.15) is 0 Å². The van der Waals surface area contributed by atoms with Gasteiger partial charge >= 0.3 is 0 Å². The Kier molecular flexibility index (Phi) is 5.41. The van der Waals surface area contributed by atoms with Crippen molar-refractivity contribution in [3.05, 3.63) is 17.7 Å². The van der Waals surface area contributed by atoms with E-state index in [1.807, 2.05) is 12.1 Å². The number of methoxy groups -OCH3 is 3. The molecule has 3 N–H and O–H groups in total. The number of rotatable bonds is 8. The van der Waals surface area contributed by atoms with Crippen molar-refractivity contribution in [1.82, 2.24) is 5.32 Å². The largest absolute Gasteiger partial charge is 0.493 e. The molecule has 1 amide bonds. The highest BCUT2D eigenvalue weighted by atomic mass is 16.5. The zero-order valence-corrected chi connectivity index (χ0v) is 17.3. The molecule has 28 heavy (non-hydrogen) atoms. The molecule has 0 unspecified atom stereocenters. The van der Waals surface area contributed by atoms with Crippen LogP contribution in [-0.4, -0.2) is 39.3 Å². The fourth-order valence-electron chi connectivity index (χ4n) is 6.25. The Labute approximate surface area is 167 Å². The van der Waals surface area contributed by atoms with E-state index in [0.717, 1.165) is 23.3 Å². The highest BCUT2D eigenvalue weighted by Crippen LogP contribution is 2.54. The van der Waals surface area contributed by atoms with Gasteiger partial charge in [-0.25, -0.2) is 0 Å². The molecular formula is C22H33N2O4+. The van der Waals surface area contributed by atoms with Crippen molar-refractivity contribution in [3.63, 3.8) is 0 Å². The molecule has 0 heterocycles. The van der Waals surface area contributed by atoms with Gasteiger partial charge in [-0.3, -0.25) is 4.79 Å². The molecule has 154 valence electrons. The molecule has 4 saturated carbocycles. The van der Waals surface area contributed by atoms with E-state index in [1.165, 1.54) is 38.5 Å². The van der Waals surface area contributed by atoms with Crippen LogP contribution in [0.2, 0.25) is 0 Å². The molecular weight excluding hydrogens is 356 g/mol. The number of hydrogen-bond donors (Lipinski definition) is 2. The number of nitrogens with two attached hydrogens (primary N) is 1. The fourth-order valence-corrected chi connectivity index (χ4v) is 6.25. The average molecular weight is 390 g/mol. The molecule has 6 heteroatoms. The van der Waals surface area contributed by atoms with Crippen molar-refractivity contribution < 1.29 is 24.3 Å². The topological polar surface area (TPSA) is 73.4 Å². The number of benzene rings is 1. The highest BCUT2D eigenvalue weighted by Gasteiger charge is 2.53. The van der Waals surface area contributed by atoms with Crippen LogP contribution in [0.25, 0.3) is 0 Å². The maximum absolute atomic E-state index is 12.5. The predicted octanol–water partition coefficient (Wildman–Crippen LogP) is 1.86. The van der Waals surface area contributed by atoms with Gasteiger partial charge in [-0.1, -0.05) is 0 Å². The Bertz CT molecular complexity index is 673. The first-order chi connectivity index (χ1) is 13.5. The number of carbonyl (C=O) groups excluding carboxylic acids is 1. The van der Waals surface area contributed by atoms with Gasteiger partial charge in [-0.15, -0.1) is 0 Å². The second kappa shape index (κ2) is 7.82. The SMILES string of the molecule is COc1cc(CNC(=O)C[NH2+]C23CC4CC(CC(C4)C2)C3)cc(OC)c1OC. The standard InChI is InChI=1S/C22H32N2O4/c1-26-18-7-17(8-19(27-2)21(18)28-3)12-23-20(25)13-24-22-9-14-4-15(10-22)6-16(5-14)11-22/h7-8,14-16,24H,4-6,9-13H2,1-3H3,(H,23,25)/p+1. The maximum Gasteiger partial charge on any atom is 0.275 e. The van der Waals surface area contributed by atoms with Crippen molar-refractivity contribution in [3.8, 4) is 17.2 Å². The van der Waals surface area contributed by atoms with Crippen LogP contribution in [0.3, 0.4) is 0 Å². The number of amides is 1. The minimum Gasteiger partial charge on any atom is -0.493 e. The van der Waals surface area contributed by atoms with Crippen LogP contribution in [0.4, 0.5) is 0 Å². The second-order valence-electron chi connectivity index (χ2n) is 9.00. The third-order valence-electron chi connectivity index (χ3n) is 7.02. The van der Waals surface area contributed by atoms with E-state index in [4.69, 9.17) is 14.2 Å². The molecule has 0 aromatic heterocycles. The Morgan fingerprint density at radius 2 is 1.54 bits per heavy atom. The lowest BCUT2D eigenvalue weighted by Gasteiger charge is -2.54. The smallest absolute Gasteiger partial charge is 0.275 e. The van der Waals surface area contributed by atoms with E-state index < -0.39 is 0 Å². The third kappa shape index (κ3) is 3.79. The molecule has 5 rings (SSSR count). The Morgan fingerprint density at radius 3 is 2.00 bits per heavy atom. The molecule has 0 spiro atoms. The second-order valence-corrected chi connectivity index (χ2v) is 9.00. The number of nitrogens with one attached hydrogen (secondary N) is 1. The summed E-state index contributed by atoms with van der Waals surface area (Å²) in [7, 11) is 4.78. The quantitative estimate of drug-likeness (QED) is 0.712. The molecule has 1 aromatic carbocycles. The van der Waals surface area contributed by atoms with Gasteiger partial charge < -0.3 is 24.8 Å². The molecule has 4 aliphatic rings. The van der Waals surface area contributed by atoms with Gasteiger partial charge in [0.2, 0.25) is 5.75 Å². The molecule has 0 radical (unpaired) electrons. The van der Waals surface area contributed by atoms with Gasteiger partial charge in [0.1, 0.15) is 0 Å². The summed E-state index contributed by atoms with van der Waals surface area (Å²) in [5.74, 6) is 4.58. The van der Waals surface area contributed by atoms with Crippen LogP contribution in [0, 0.1) is 17.8 Å². The van der Waals surface area contributed by atoms with Crippen molar-refractivity contribution >= 4 is 5.91 Å². The molecule has 4 aliphatic carbocycles. The van der Waals surface area contributed by atoms with Gasteiger partial charge in [0.15, 0.2) is 18.0 Å². The van der Waals surface area contributed by atoms with Gasteiger partial charge in [0.05, 0.1) is 26.9 Å². The lowest BCUT2D eigenvalue weighted by molar-refractivity contribution is -0.730. The molecule has 0 atom stereocenters. The summed E-state index contributed by atoms with van der Waals surface area (Å²) in [5, 5.41) is 5.40. The summed E-state index contributed by atoms with van der Waals surface area (Å²) in [6.45, 7) is 0.959. The minimum absolute atomic E-state index is 0.0875. The third-order valence-corrected chi connectivity index (χ3v) is 7.02. The predicted molar refractivity (Wildman–Crippen MR) is 106 cm³/mol. The molecule has 0 saturated heterocycles. The van der Waals surface area contributed by atoms with Crippen LogP contribution < -0.4 is 24.8 Å².